The first-order chi connectivity index (χ1) is 14.8. The van der Waals surface area contributed by atoms with Gasteiger partial charge in [0.2, 0.25) is 0 Å². The van der Waals surface area contributed by atoms with Crippen LogP contribution in [0.3, 0.4) is 0 Å². The second kappa shape index (κ2) is 8.14. The van der Waals surface area contributed by atoms with Crippen LogP contribution in [0.2, 0.25) is 0 Å². The molecule has 3 aromatic rings. The van der Waals surface area contributed by atoms with E-state index in [1.54, 1.807) is 12.4 Å². The fourth-order valence-electron chi connectivity index (χ4n) is 4.67. The molecule has 2 aliphatic rings. The standard InChI is InChI=1S/C24H25N5O/c30-24(27-23(18-7-3-1-4-8-18)19-9-5-2-6-10-19)29-16-20-14-28(15-21(20)17-29)22-13-25-11-12-26-22/h1-13,20-21,23H,14-17H2,(H,27,30). The van der Waals surface area contributed by atoms with Gasteiger partial charge in [0.05, 0.1) is 12.2 Å². The number of nitrogens with one attached hydrogen (secondary N) is 1. The van der Waals surface area contributed by atoms with Gasteiger partial charge in [-0.2, -0.15) is 0 Å². The minimum Gasteiger partial charge on any atom is -0.355 e. The van der Waals surface area contributed by atoms with Gasteiger partial charge in [-0.15, -0.1) is 0 Å². The van der Waals surface area contributed by atoms with Crippen molar-refractivity contribution in [3.8, 4) is 0 Å². The number of likely N-dealkylation sites (tertiary alicyclic amines) is 1. The van der Waals surface area contributed by atoms with E-state index >= 15 is 0 Å². The number of rotatable bonds is 4. The number of fused-ring (bicyclic) bond motifs is 1. The zero-order valence-electron chi connectivity index (χ0n) is 16.8. The van der Waals surface area contributed by atoms with Crippen LogP contribution >= 0.6 is 0 Å². The predicted molar refractivity (Wildman–Crippen MR) is 116 cm³/mol. The van der Waals surface area contributed by atoms with Crippen LogP contribution in [0, 0.1) is 11.8 Å². The Morgan fingerprint density at radius 2 is 1.47 bits per heavy atom. The van der Waals surface area contributed by atoms with Gasteiger partial charge in [0.15, 0.2) is 0 Å². The molecule has 2 fully saturated rings. The number of nitrogens with zero attached hydrogens (tertiary/aromatic N) is 4. The Hall–Kier alpha value is -3.41. The molecule has 30 heavy (non-hydrogen) atoms. The first kappa shape index (κ1) is 18.6. The maximum absolute atomic E-state index is 13.2. The minimum atomic E-state index is -0.156. The van der Waals surface area contributed by atoms with Crippen molar-refractivity contribution < 1.29 is 4.79 Å². The van der Waals surface area contributed by atoms with Crippen molar-refractivity contribution in [3.05, 3.63) is 90.4 Å². The summed E-state index contributed by atoms with van der Waals surface area (Å²) in [4.78, 5) is 26.0. The highest BCUT2D eigenvalue weighted by molar-refractivity contribution is 5.76. The van der Waals surface area contributed by atoms with Gasteiger partial charge in [-0.3, -0.25) is 4.98 Å². The summed E-state index contributed by atoms with van der Waals surface area (Å²) < 4.78 is 0. The molecule has 0 bridgehead atoms. The Morgan fingerprint density at radius 3 is 2.00 bits per heavy atom. The summed E-state index contributed by atoms with van der Waals surface area (Å²) in [6.07, 6.45) is 5.24. The van der Waals surface area contributed by atoms with Crippen molar-refractivity contribution in [1.29, 1.82) is 0 Å². The lowest BCUT2D eigenvalue weighted by Gasteiger charge is -2.26. The largest absolute Gasteiger partial charge is 0.355 e. The minimum absolute atomic E-state index is 0.00755. The van der Waals surface area contributed by atoms with Crippen LogP contribution in [0.5, 0.6) is 0 Å². The molecule has 0 aliphatic carbocycles. The number of hydrogen-bond acceptors (Lipinski definition) is 4. The maximum atomic E-state index is 13.2. The molecule has 2 unspecified atom stereocenters. The summed E-state index contributed by atoms with van der Waals surface area (Å²) in [6.45, 7) is 3.41. The molecule has 6 nitrogen and oxygen atoms in total. The molecule has 3 heterocycles. The highest BCUT2D eigenvalue weighted by atomic mass is 16.2. The number of hydrogen-bond donors (Lipinski definition) is 1. The molecular formula is C24H25N5O. The van der Waals surface area contributed by atoms with E-state index < -0.39 is 0 Å². The third kappa shape index (κ3) is 3.73. The number of amides is 2. The van der Waals surface area contributed by atoms with Crippen molar-refractivity contribution in [2.24, 2.45) is 11.8 Å². The second-order valence-electron chi connectivity index (χ2n) is 8.10. The monoisotopic (exact) mass is 399 g/mol. The van der Waals surface area contributed by atoms with Crippen LogP contribution in [-0.4, -0.2) is 47.1 Å². The number of carbonyl (C=O) groups is 1. The summed E-state index contributed by atoms with van der Waals surface area (Å²) in [7, 11) is 0. The molecule has 2 aromatic carbocycles. The van der Waals surface area contributed by atoms with Crippen molar-refractivity contribution >= 4 is 11.8 Å². The van der Waals surface area contributed by atoms with E-state index in [9.17, 15) is 4.79 Å². The van der Waals surface area contributed by atoms with E-state index in [2.05, 4.69) is 44.5 Å². The molecule has 0 radical (unpaired) electrons. The van der Waals surface area contributed by atoms with E-state index in [0.29, 0.717) is 11.8 Å². The molecule has 5 rings (SSSR count). The number of urea groups is 1. The Bertz CT molecular complexity index is 929. The van der Waals surface area contributed by atoms with E-state index in [0.717, 1.165) is 43.1 Å². The lowest BCUT2D eigenvalue weighted by atomic mass is 9.99. The Morgan fingerprint density at radius 1 is 0.867 bits per heavy atom. The van der Waals surface area contributed by atoms with Crippen molar-refractivity contribution in [2.45, 2.75) is 6.04 Å². The Labute approximate surface area is 176 Å². The quantitative estimate of drug-likeness (QED) is 0.731. The van der Waals surface area contributed by atoms with Crippen LogP contribution in [-0.2, 0) is 0 Å². The molecule has 2 saturated heterocycles. The molecule has 152 valence electrons. The molecular weight excluding hydrogens is 374 g/mol. The lowest BCUT2D eigenvalue weighted by Crippen LogP contribution is -2.42. The number of anilines is 1. The highest BCUT2D eigenvalue weighted by Gasteiger charge is 2.42. The van der Waals surface area contributed by atoms with Gasteiger partial charge in [0.1, 0.15) is 5.82 Å². The SMILES string of the molecule is O=C(NC(c1ccccc1)c1ccccc1)N1CC2CN(c3cnccn3)CC2C1. The number of aromatic nitrogens is 2. The lowest BCUT2D eigenvalue weighted by molar-refractivity contribution is 0.203. The van der Waals surface area contributed by atoms with E-state index in [4.69, 9.17) is 0 Å². The van der Waals surface area contributed by atoms with Crippen LogP contribution in [0.4, 0.5) is 10.6 Å². The predicted octanol–water partition coefficient (Wildman–Crippen LogP) is 3.34. The second-order valence-corrected chi connectivity index (χ2v) is 8.10. The van der Waals surface area contributed by atoms with Crippen LogP contribution in [0.25, 0.3) is 0 Å². The first-order valence-electron chi connectivity index (χ1n) is 10.4. The number of carbonyl (C=O) groups excluding carboxylic acids is 1. The van der Waals surface area contributed by atoms with Gasteiger partial charge in [0.25, 0.3) is 0 Å². The van der Waals surface area contributed by atoms with E-state index in [-0.39, 0.29) is 12.1 Å². The first-order valence-corrected chi connectivity index (χ1v) is 10.4. The van der Waals surface area contributed by atoms with Gasteiger partial charge < -0.3 is 15.1 Å². The van der Waals surface area contributed by atoms with Gasteiger partial charge in [-0.05, 0) is 11.1 Å². The Kier molecular flexibility index (Phi) is 5.05. The fourth-order valence-corrected chi connectivity index (χ4v) is 4.67. The summed E-state index contributed by atoms with van der Waals surface area (Å²) in [5.41, 5.74) is 2.18. The molecule has 6 heteroatoms. The van der Waals surface area contributed by atoms with Gasteiger partial charge in [-0.1, -0.05) is 60.7 Å². The average Bonchev–Trinajstić information content (AvgIpc) is 3.39. The van der Waals surface area contributed by atoms with Crippen LogP contribution < -0.4 is 10.2 Å². The molecule has 1 aromatic heterocycles. The van der Waals surface area contributed by atoms with Crippen molar-refractivity contribution in [3.63, 3.8) is 0 Å². The molecule has 2 amide bonds. The fraction of sp³-hybridized carbons (Fsp3) is 0.292. The molecule has 2 atom stereocenters. The van der Waals surface area contributed by atoms with Gasteiger partial charge in [0, 0.05) is 50.4 Å². The zero-order chi connectivity index (χ0) is 20.3. The third-order valence-corrected chi connectivity index (χ3v) is 6.18. The normalized spacial score (nSPS) is 20.4. The van der Waals surface area contributed by atoms with Gasteiger partial charge in [-0.25, -0.2) is 9.78 Å². The van der Waals surface area contributed by atoms with Crippen LogP contribution in [0.1, 0.15) is 17.2 Å². The number of benzene rings is 2. The molecule has 1 N–H and O–H groups in total. The van der Waals surface area contributed by atoms with E-state index in [1.165, 1.54) is 0 Å². The summed E-state index contributed by atoms with van der Waals surface area (Å²) >= 11 is 0. The zero-order valence-corrected chi connectivity index (χ0v) is 16.8. The molecule has 2 aliphatic heterocycles. The average molecular weight is 399 g/mol. The Balaban J connectivity index is 1.27. The highest BCUT2D eigenvalue weighted by Crippen LogP contribution is 2.33. The third-order valence-electron chi connectivity index (χ3n) is 6.18. The molecule has 0 saturated carbocycles. The maximum Gasteiger partial charge on any atom is 0.318 e. The van der Waals surface area contributed by atoms with Crippen LogP contribution in [0.15, 0.2) is 79.3 Å². The van der Waals surface area contributed by atoms with Crippen molar-refractivity contribution in [1.82, 2.24) is 20.2 Å². The van der Waals surface area contributed by atoms with Gasteiger partial charge >= 0.3 is 6.03 Å². The summed E-state index contributed by atoms with van der Waals surface area (Å²) in [5, 5.41) is 3.27. The molecule has 0 spiro atoms. The summed E-state index contributed by atoms with van der Waals surface area (Å²) in [5.74, 6) is 1.88. The van der Waals surface area contributed by atoms with E-state index in [1.807, 2.05) is 47.5 Å². The van der Waals surface area contributed by atoms with Crippen molar-refractivity contribution in [2.75, 3.05) is 31.1 Å². The smallest absolute Gasteiger partial charge is 0.318 e. The summed E-state index contributed by atoms with van der Waals surface area (Å²) in [6, 6.07) is 20.2. The topological polar surface area (TPSA) is 61.4 Å².